The van der Waals surface area contributed by atoms with Crippen LogP contribution in [-0.4, -0.2) is 10.1 Å². The smallest absolute Gasteiger partial charge is 0.384 e. The van der Waals surface area contributed by atoms with Crippen molar-refractivity contribution in [1.82, 2.24) is 4.98 Å². The van der Waals surface area contributed by atoms with Crippen molar-refractivity contribution >= 4 is 21.6 Å². The second-order valence-corrected chi connectivity index (χ2v) is 5.54. The number of hydrogen-bond donors (Lipinski definition) is 1. The number of aromatic nitrogens is 1. The Morgan fingerprint density at radius 2 is 1.76 bits per heavy atom. The molecule has 0 aliphatic heterocycles. The van der Waals surface area contributed by atoms with Gasteiger partial charge in [-0.15, -0.1) is 11.3 Å². The van der Waals surface area contributed by atoms with E-state index in [9.17, 15) is 18.3 Å². The van der Waals surface area contributed by atoms with Gasteiger partial charge in [0.1, 0.15) is 6.10 Å². The van der Waals surface area contributed by atoms with Crippen molar-refractivity contribution in [3.05, 3.63) is 64.7 Å². The minimum atomic E-state index is -4.37. The lowest BCUT2D eigenvalue weighted by Crippen LogP contribution is -2.06. The van der Waals surface area contributed by atoms with Crippen molar-refractivity contribution in [3.63, 3.8) is 0 Å². The molecule has 0 bridgehead atoms. The quantitative estimate of drug-likeness (QED) is 0.761. The highest BCUT2D eigenvalue weighted by Gasteiger charge is 2.30. The van der Waals surface area contributed by atoms with E-state index in [0.29, 0.717) is 11.1 Å². The van der Waals surface area contributed by atoms with E-state index >= 15 is 0 Å². The lowest BCUT2D eigenvalue weighted by Gasteiger charge is -2.13. The summed E-state index contributed by atoms with van der Waals surface area (Å²) in [5.41, 5.74) is 1.07. The van der Waals surface area contributed by atoms with Crippen LogP contribution in [0.15, 0.2) is 48.0 Å². The molecular formula is C15H10F3NOS. The summed E-state index contributed by atoms with van der Waals surface area (Å²) in [4.78, 5) is 4.21. The van der Waals surface area contributed by atoms with Crippen molar-refractivity contribution in [2.45, 2.75) is 12.3 Å². The van der Waals surface area contributed by atoms with E-state index in [0.717, 1.165) is 22.3 Å². The van der Waals surface area contributed by atoms with Crippen molar-refractivity contribution in [1.29, 1.82) is 0 Å². The van der Waals surface area contributed by atoms with Crippen LogP contribution in [0.5, 0.6) is 0 Å². The Bertz CT molecular complexity index is 764. The second kappa shape index (κ2) is 5.13. The van der Waals surface area contributed by atoms with Gasteiger partial charge in [-0.05, 0) is 35.2 Å². The van der Waals surface area contributed by atoms with Gasteiger partial charge in [-0.3, -0.25) is 4.98 Å². The molecule has 2 heterocycles. The van der Waals surface area contributed by atoms with Crippen LogP contribution in [0.2, 0.25) is 0 Å². The number of benzene rings is 1. The van der Waals surface area contributed by atoms with Gasteiger partial charge in [0.2, 0.25) is 0 Å². The zero-order chi connectivity index (χ0) is 15.0. The molecule has 0 radical (unpaired) electrons. The minimum Gasteiger partial charge on any atom is -0.384 e. The number of alkyl halides is 3. The molecule has 21 heavy (non-hydrogen) atoms. The van der Waals surface area contributed by atoms with Gasteiger partial charge in [0, 0.05) is 11.8 Å². The van der Waals surface area contributed by atoms with E-state index in [1.54, 1.807) is 6.07 Å². The Morgan fingerprint density at radius 3 is 2.43 bits per heavy atom. The molecule has 0 spiro atoms. The molecule has 0 saturated carbocycles. The lowest BCUT2D eigenvalue weighted by molar-refractivity contribution is -0.137. The highest BCUT2D eigenvalue weighted by Crippen LogP contribution is 2.31. The molecule has 0 aliphatic carbocycles. The maximum Gasteiger partial charge on any atom is 0.416 e. The van der Waals surface area contributed by atoms with E-state index < -0.39 is 17.8 Å². The molecule has 0 amide bonds. The number of rotatable bonds is 2. The third kappa shape index (κ3) is 2.77. The molecular weight excluding hydrogens is 299 g/mol. The third-order valence-electron chi connectivity index (χ3n) is 3.19. The predicted octanol–water partition coefficient (Wildman–Crippen LogP) is 4.40. The average Bonchev–Trinajstić information content (AvgIpc) is 2.93. The molecule has 0 saturated heterocycles. The van der Waals surface area contributed by atoms with Crippen LogP contribution in [0.1, 0.15) is 22.8 Å². The summed E-state index contributed by atoms with van der Waals surface area (Å²) in [5, 5.41) is 12.2. The molecule has 1 N–H and O–H groups in total. The van der Waals surface area contributed by atoms with E-state index in [4.69, 9.17) is 0 Å². The SMILES string of the molecule is OC(c1ccc(C(F)(F)F)cc1)c1cnc2ccsc2c1. The second-order valence-electron chi connectivity index (χ2n) is 4.59. The summed E-state index contributed by atoms with van der Waals surface area (Å²) in [6, 6.07) is 8.17. The number of aliphatic hydroxyl groups excluding tert-OH is 1. The predicted molar refractivity (Wildman–Crippen MR) is 75.1 cm³/mol. The zero-order valence-corrected chi connectivity index (χ0v) is 11.4. The van der Waals surface area contributed by atoms with Crippen molar-refractivity contribution in [2.75, 3.05) is 0 Å². The molecule has 0 fully saturated rings. The molecule has 2 aromatic heterocycles. The van der Waals surface area contributed by atoms with Gasteiger partial charge in [-0.25, -0.2) is 0 Å². The number of halogens is 3. The number of pyridine rings is 1. The highest BCUT2D eigenvalue weighted by molar-refractivity contribution is 7.17. The van der Waals surface area contributed by atoms with Crippen LogP contribution in [0, 0.1) is 0 Å². The summed E-state index contributed by atoms with van der Waals surface area (Å²) in [5.74, 6) is 0. The maximum atomic E-state index is 12.5. The molecule has 3 aromatic rings. The van der Waals surface area contributed by atoms with Gasteiger partial charge in [0.05, 0.1) is 15.8 Å². The van der Waals surface area contributed by atoms with Crippen molar-refractivity contribution in [3.8, 4) is 0 Å². The summed E-state index contributed by atoms with van der Waals surface area (Å²) < 4.78 is 38.5. The maximum absolute atomic E-state index is 12.5. The number of fused-ring (bicyclic) bond motifs is 1. The molecule has 1 aromatic carbocycles. The Balaban J connectivity index is 1.92. The van der Waals surface area contributed by atoms with Gasteiger partial charge < -0.3 is 5.11 Å². The normalized spacial score (nSPS) is 13.5. The van der Waals surface area contributed by atoms with Crippen molar-refractivity contribution in [2.24, 2.45) is 0 Å². The Morgan fingerprint density at radius 1 is 1.05 bits per heavy atom. The van der Waals surface area contributed by atoms with Crippen LogP contribution in [0.25, 0.3) is 10.2 Å². The standard InChI is InChI=1S/C15H10F3NOS/c16-15(17,18)11-3-1-9(2-4-11)14(20)10-7-13-12(19-8-10)5-6-21-13/h1-8,14,20H. The van der Waals surface area contributed by atoms with E-state index in [1.807, 2.05) is 11.4 Å². The summed E-state index contributed by atoms with van der Waals surface area (Å²) in [7, 11) is 0. The van der Waals surface area contributed by atoms with Crippen LogP contribution in [0.3, 0.4) is 0 Å². The molecule has 1 unspecified atom stereocenters. The number of nitrogens with zero attached hydrogens (tertiary/aromatic N) is 1. The van der Waals surface area contributed by atoms with Gasteiger partial charge in [-0.1, -0.05) is 12.1 Å². The largest absolute Gasteiger partial charge is 0.416 e. The van der Waals surface area contributed by atoms with Crippen molar-refractivity contribution < 1.29 is 18.3 Å². The summed E-state index contributed by atoms with van der Waals surface area (Å²) >= 11 is 1.50. The minimum absolute atomic E-state index is 0.403. The van der Waals surface area contributed by atoms with Gasteiger partial charge in [0.25, 0.3) is 0 Å². The molecule has 2 nitrogen and oxygen atoms in total. The first-order valence-corrected chi connectivity index (χ1v) is 7.01. The fourth-order valence-electron chi connectivity index (χ4n) is 2.06. The van der Waals surface area contributed by atoms with E-state index in [1.165, 1.54) is 29.7 Å². The molecule has 0 aliphatic rings. The Hall–Kier alpha value is -1.92. The first-order valence-electron chi connectivity index (χ1n) is 6.13. The number of hydrogen-bond acceptors (Lipinski definition) is 3. The fraction of sp³-hybridized carbons (Fsp3) is 0.133. The average molecular weight is 309 g/mol. The first kappa shape index (κ1) is 14.0. The summed E-state index contributed by atoms with van der Waals surface area (Å²) in [6.07, 6.45) is -3.83. The molecule has 6 heteroatoms. The molecule has 108 valence electrons. The number of thiophene rings is 1. The van der Waals surface area contributed by atoms with Crippen LogP contribution < -0.4 is 0 Å². The molecule has 3 rings (SSSR count). The van der Waals surface area contributed by atoms with Crippen LogP contribution in [0.4, 0.5) is 13.2 Å². The monoisotopic (exact) mass is 309 g/mol. The Labute approximate surface area is 122 Å². The topological polar surface area (TPSA) is 33.1 Å². The number of aliphatic hydroxyl groups is 1. The Kier molecular flexibility index (Phi) is 3.43. The van der Waals surface area contributed by atoms with Gasteiger partial charge in [-0.2, -0.15) is 13.2 Å². The zero-order valence-electron chi connectivity index (χ0n) is 10.6. The lowest BCUT2D eigenvalue weighted by atomic mass is 10.0. The molecule has 1 atom stereocenters. The van der Waals surface area contributed by atoms with Crippen LogP contribution in [-0.2, 0) is 6.18 Å². The van der Waals surface area contributed by atoms with Crippen LogP contribution >= 0.6 is 11.3 Å². The van der Waals surface area contributed by atoms with E-state index in [2.05, 4.69) is 4.98 Å². The fourth-order valence-corrected chi connectivity index (χ4v) is 2.85. The van der Waals surface area contributed by atoms with Gasteiger partial charge >= 0.3 is 6.18 Å². The third-order valence-corrected chi connectivity index (χ3v) is 4.05. The van der Waals surface area contributed by atoms with Gasteiger partial charge in [0.15, 0.2) is 0 Å². The summed E-state index contributed by atoms with van der Waals surface area (Å²) in [6.45, 7) is 0. The first-order chi connectivity index (χ1) is 9.95. The highest BCUT2D eigenvalue weighted by atomic mass is 32.1. The van der Waals surface area contributed by atoms with E-state index in [-0.39, 0.29) is 0 Å².